The molecule has 4 N–H and O–H groups in total. The van der Waals surface area contributed by atoms with Gasteiger partial charge in [0.15, 0.2) is 10.8 Å². The molecule has 0 amide bonds. The Balaban J connectivity index is 2.10. The van der Waals surface area contributed by atoms with Crippen LogP contribution in [0.5, 0.6) is 0 Å². The van der Waals surface area contributed by atoms with Crippen LogP contribution in [0.2, 0.25) is 0 Å². The average molecular weight is 309 g/mol. The fourth-order valence-corrected chi connectivity index (χ4v) is 4.68. The third-order valence-corrected chi connectivity index (χ3v) is 5.63. The SMILES string of the molecule is CC1(NS(=O)(=O)c2c(NN)nc3ccccn23)CCCC1. The van der Waals surface area contributed by atoms with Crippen molar-refractivity contribution in [2.24, 2.45) is 5.84 Å². The van der Waals surface area contributed by atoms with E-state index in [0.717, 1.165) is 25.7 Å². The fourth-order valence-electron chi connectivity index (χ4n) is 2.95. The number of nitrogens with one attached hydrogen (secondary N) is 2. The first kappa shape index (κ1) is 14.3. The molecule has 2 heterocycles. The van der Waals surface area contributed by atoms with E-state index < -0.39 is 15.6 Å². The summed E-state index contributed by atoms with van der Waals surface area (Å²) in [6, 6.07) is 5.28. The van der Waals surface area contributed by atoms with Crippen molar-refractivity contribution in [3.63, 3.8) is 0 Å². The molecular weight excluding hydrogens is 290 g/mol. The van der Waals surface area contributed by atoms with Crippen LogP contribution in [0.25, 0.3) is 5.65 Å². The fraction of sp³-hybridized carbons (Fsp3) is 0.462. The Morgan fingerprint density at radius 3 is 2.71 bits per heavy atom. The van der Waals surface area contributed by atoms with Gasteiger partial charge in [-0.05, 0) is 31.9 Å². The summed E-state index contributed by atoms with van der Waals surface area (Å²) in [7, 11) is -3.72. The molecule has 0 unspecified atom stereocenters. The minimum atomic E-state index is -3.72. The number of hydrogen-bond donors (Lipinski definition) is 3. The number of nitrogens with zero attached hydrogens (tertiary/aromatic N) is 2. The van der Waals surface area contributed by atoms with Gasteiger partial charge in [-0.2, -0.15) is 0 Å². The van der Waals surface area contributed by atoms with Gasteiger partial charge in [0, 0.05) is 11.7 Å². The number of sulfonamides is 1. The van der Waals surface area contributed by atoms with Crippen molar-refractivity contribution < 1.29 is 8.42 Å². The lowest BCUT2D eigenvalue weighted by Gasteiger charge is -2.24. The van der Waals surface area contributed by atoms with E-state index in [4.69, 9.17) is 5.84 Å². The van der Waals surface area contributed by atoms with Crippen LogP contribution < -0.4 is 16.0 Å². The number of nitrogens with two attached hydrogens (primary N) is 1. The molecule has 0 aliphatic heterocycles. The third kappa shape index (κ3) is 2.50. The van der Waals surface area contributed by atoms with Crippen molar-refractivity contribution in [1.29, 1.82) is 0 Å². The maximum atomic E-state index is 12.8. The van der Waals surface area contributed by atoms with Crippen LogP contribution in [0.4, 0.5) is 5.82 Å². The van der Waals surface area contributed by atoms with Crippen molar-refractivity contribution in [2.45, 2.75) is 43.2 Å². The zero-order valence-corrected chi connectivity index (χ0v) is 12.7. The second-order valence-electron chi connectivity index (χ2n) is 5.71. The van der Waals surface area contributed by atoms with Crippen molar-refractivity contribution >= 4 is 21.5 Å². The minimum Gasteiger partial charge on any atom is -0.306 e. The Bertz CT molecular complexity index is 762. The highest BCUT2D eigenvalue weighted by Crippen LogP contribution is 2.32. The number of rotatable bonds is 4. The Hall–Kier alpha value is -1.64. The van der Waals surface area contributed by atoms with Crippen molar-refractivity contribution in [3.8, 4) is 0 Å². The molecule has 1 saturated carbocycles. The molecule has 1 aliphatic carbocycles. The summed E-state index contributed by atoms with van der Waals surface area (Å²) in [6.07, 6.45) is 5.42. The van der Waals surface area contributed by atoms with E-state index in [1.54, 1.807) is 24.4 Å². The Labute approximate surface area is 123 Å². The predicted molar refractivity (Wildman–Crippen MR) is 80.2 cm³/mol. The van der Waals surface area contributed by atoms with Gasteiger partial charge in [0.05, 0.1) is 0 Å². The smallest absolute Gasteiger partial charge is 0.260 e. The standard InChI is InChI=1S/C13H19N5O2S/c1-13(7-3-4-8-13)17-21(19,20)12-11(16-14)15-10-6-2-5-9-18(10)12/h2,5-6,9,16-17H,3-4,7-8,14H2,1H3. The Morgan fingerprint density at radius 2 is 2.05 bits per heavy atom. The van der Waals surface area contributed by atoms with E-state index in [-0.39, 0.29) is 10.8 Å². The molecule has 0 radical (unpaired) electrons. The molecule has 0 saturated heterocycles. The number of hydrogen-bond acceptors (Lipinski definition) is 5. The molecule has 0 atom stereocenters. The largest absolute Gasteiger partial charge is 0.306 e. The van der Waals surface area contributed by atoms with Crippen molar-refractivity contribution in [2.75, 3.05) is 5.43 Å². The quantitative estimate of drug-likeness (QED) is 0.582. The van der Waals surface area contributed by atoms with Gasteiger partial charge >= 0.3 is 0 Å². The monoisotopic (exact) mass is 309 g/mol. The minimum absolute atomic E-state index is 0.0497. The summed E-state index contributed by atoms with van der Waals surface area (Å²) < 4.78 is 29.9. The first-order valence-corrected chi connectivity index (χ1v) is 8.41. The van der Waals surface area contributed by atoms with E-state index in [0.29, 0.717) is 5.65 Å². The van der Waals surface area contributed by atoms with Gasteiger partial charge in [0.2, 0.25) is 0 Å². The normalized spacial score (nSPS) is 18.2. The zero-order valence-electron chi connectivity index (χ0n) is 11.8. The lowest BCUT2D eigenvalue weighted by atomic mass is 10.0. The summed E-state index contributed by atoms with van der Waals surface area (Å²) in [6.45, 7) is 1.94. The number of pyridine rings is 1. The molecule has 1 fully saturated rings. The maximum Gasteiger partial charge on any atom is 0.260 e. The highest BCUT2D eigenvalue weighted by Gasteiger charge is 2.36. The number of fused-ring (bicyclic) bond motifs is 1. The lowest BCUT2D eigenvalue weighted by molar-refractivity contribution is 0.426. The average Bonchev–Trinajstić information content (AvgIpc) is 3.01. The van der Waals surface area contributed by atoms with E-state index in [1.807, 2.05) is 6.92 Å². The molecule has 7 nitrogen and oxygen atoms in total. The first-order chi connectivity index (χ1) is 9.95. The number of anilines is 1. The van der Waals surface area contributed by atoms with Crippen LogP contribution in [-0.2, 0) is 10.0 Å². The molecule has 114 valence electrons. The molecule has 0 bridgehead atoms. The molecule has 0 spiro atoms. The second-order valence-corrected chi connectivity index (χ2v) is 7.31. The predicted octanol–water partition coefficient (Wildman–Crippen LogP) is 1.23. The van der Waals surface area contributed by atoms with Gasteiger partial charge < -0.3 is 5.43 Å². The molecule has 21 heavy (non-hydrogen) atoms. The van der Waals surface area contributed by atoms with E-state index in [2.05, 4.69) is 15.1 Å². The van der Waals surface area contributed by atoms with Gasteiger partial charge in [-0.3, -0.25) is 4.40 Å². The lowest BCUT2D eigenvalue weighted by Crippen LogP contribution is -2.44. The molecule has 8 heteroatoms. The van der Waals surface area contributed by atoms with Gasteiger partial charge in [0.1, 0.15) is 5.65 Å². The summed E-state index contributed by atoms with van der Waals surface area (Å²) in [4.78, 5) is 4.20. The number of nitrogen functional groups attached to an aromatic ring is 1. The molecule has 3 rings (SSSR count). The van der Waals surface area contributed by atoms with Crippen LogP contribution in [0.15, 0.2) is 29.4 Å². The van der Waals surface area contributed by atoms with Crippen molar-refractivity contribution in [3.05, 3.63) is 24.4 Å². The molecule has 2 aromatic heterocycles. The van der Waals surface area contributed by atoms with Gasteiger partial charge in [-0.25, -0.2) is 24.0 Å². The van der Waals surface area contributed by atoms with Crippen LogP contribution in [0.3, 0.4) is 0 Å². The summed E-state index contributed by atoms with van der Waals surface area (Å²) in [5, 5.41) is 0.0497. The number of hydrazine groups is 1. The van der Waals surface area contributed by atoms with Gasteiger partial charge in [-0.1, -0.05) is 18.9 Å². The highest BCUT2D eigenvalue weighted by molar-refractivity contribution is 7.89. The van der Waals surface area contributed by atoms with Gasteiger partial charge in [0.25, 0.3) is 10.0 Å². The molecule has 1 aliphatic rings. The van der Waals surface area contributed by atoms with Crippen LogP contribution in [-0.4, -0.2) is 23.3 Å². The van der Waals surface area contributed by atoms with Crippen LogP contribution in [0, 0.1) is 0 Å². The van der Waals surface area contributed by atoms with E-state index >= 15 is 0 Å². The Morgan fingerprint density at radius 1 is 1.33 bits per heavy atom. The summed E-state index contributed by atoms with van der Waals surface area (Å²) >= 11 is 0. The summed E-state index contributed by atoms with van der Waals surface area (Å²) in [5.41, 5.74) is 2.51. The molecule has 0 aromatic carbocycles. The molecule has 2 aromatic rings. The van der Waals surface area contributed by atoms with Crippen molar-refractivity contribution in [1.82, 2.24) is 14.1 Å². The van der Waals surface area contributed by atoms with E-state index in [1.165, 1.54) is 4.40 Å². The molecular formula is C13H19N5O2S. The van der Waals surface area contributed by atoms with Crippen LogP contribution >= 0.6 is 0 Å². The van der Waals surface area contributed by atoms with Gasteiger partial charge in [-0.15, -0.1) is 0 Å². The van der Waals surface area contributed by atoms with Crippen LogP contribution in [0.1, 0.15) is 32.6 Å². The Kier molecular flexibility index (Phi) is 3.39. The van der Waals surface area contributed by atoms with E-state index in [9.17, 15) is 8.42 Å². The summed E-state index contributed by atoms with van der Waals surface area (Å²) in [5.74, 6) is 5.58. The number of aromatic nitrogens is 2. The topological polar surface area (TPSA) is 102 Å². The third-order valence-electron chi connectivity index (χ3n) is 3.97. The second kappa shape index (κ2) is 4.97. The highest BCUT2D eigenvalue weighted by atomic mass is 32.2. The number of imidazole rings is 1. The first-order valence-electron chi connectivity index (χ1n) is 6.93. The maximum absolute atomic E-state index is 12.8. The zero-order chi connectivity index (χ0) is 15.1.